The molecule has 40 valence electrons. The van der Waals surface area contributed by atoms with Gasteiger partial charge in [-0.25, -0.2) is 0 Å². The maximum Gasteiger partial charge on any atom is 0.0105 e. The SMILES string of the molecule is C[C@@H]1C[C@@]12CC2N. The van der Waals surface area contributed by atoms with Gasteiger partial charge in [0, 0.05) is 6.04 Å². The topological polar surface area (TPSA) is 26.0 Å². The zero-order valence-electron chi connectivity index (χ0n) is 4.65. The molecule has 0 bridgehead atoms. The summed E-state index contributed by atoms with van der Waals surface area (Å²) < 4.78 is 0. The van der Waals surface area contributed by atoms with Gasteiger partial charge in [0.15, 0.2) is 0 Å². The van der Waals surface area contributed by atoms with Gasteiger partial charge in [0.25, 0.3) is 0 Å². The van der Waals surface area contributed by atoms with Gasteiger partial charge in [0.2, 0.25) is 0 Å². The molecule has 3 atom stereocenters. The van der Waals surface area contributed by atoms with Crippen molar-refractivity contribution >= 4 is 0 Å². The van der Waals surface area contributed by atoms with Gasteiger partial charge in [0.1, 0.15) is 0 Å². The molecule has 0 aromatic heterocycles. The largest absolute Gasteiger partial charge is 0.327 e. The van der Waals surface area contributed by atoms with Crippen molar-refractivity contribution in [3.63, 3.8) is 0 Å². The van der Waals surface area contributed by atoms with Crippen molar-refractivity contribution in [2.24, 2.45) is 17.1 Å². The van der Waals surface area contributed by atoms with E-state index in [2.05, 4.69) is 6.92 Å². The first-order valence-corrected chi connectivity index (χ1v) is 3.01. The minimum absolute atomic E-state index is 0.586. The van der Waals surface area contributed by atoms with Crippen LogP contribution in [0.5, 0.6) is 0 Å². The molecule has 7 heavy (non-hydrogen) atoms. The molecule has 2 fully saturated rings. The molecule has 0 heterocycles. The van der Waals surface area contributed by atoms with Crippen molar-refractivity contribution in [3.8, 4) is 0 Å². The molecule has 0 aliphatic heterocycles. The summed E-state index contributed by atoms with van der Waals surface area (Å²) in [6.07, 6.45) is 2.72. The number of hydrogen-bond acceptors (Lipinski definition) is 1. The molecule has 2 saturated carbocycles. The van der Waals surface area contributed by atoms with Crippen LogP contribution in [0.2, 0.25) is 0 Å². The molecule has 2 aliphatic rings. The zero-order valence-corrected chi connectivity index (χ0v) is 4.65. The van der Waals surface area contributed by atoms with Crippen LogP contribution in [-0.4, -0.2) is 6.04 Å². The van der Waals surface area contributed by atoms with Crippen molar-refractivity contribution in [2.75, 3.05) is 0 Å². The van der Waals surface area contributed by atoms with Crippen LogP contribution in [0.4, 0.5) is 0 Å². The summed E-state index contributed by atoms with van der Waals surface area (Å²) >= 11 is 0. The van der Waals surface area contributed by atoms with Gasteiger partial charge in [-0.3, -0.25) is 0 Å². The third-order valence-electron chi connectivity index (χ3n) is 2.69. The first kappa shape index (κ1) is 3.90. The number of nitrogens with two attached hydrogens (primary N) is 1. The highest BCUT2D eigenvalue weighted by Gasteiger charge is 2.66. The lowest BCUT2D eigenvalue weighted by atomic mass is 10.3. The molecule has 2 aliphatic carbocycles. The highest BCUT2D eigenvalue weighted by Crippen LogP contribution is 2.69. The van der Waals surface area contributed by atoms with E-state index in [-0.39, 0.29) is 0 Å². The van der Waals surface area contributed by atoms with Gasteiger partial charge in [-0.1, -0.05) is 6.92 Å². The lowest BCUT2D eigenvalue weighted by molar-refractivity contribution is 0.732. The highest BCUT2D eigenvalue weighted by atomic mass is 14.9. The predicted octanol–water partition coefficient (Wildman–Crippen LogP) is 0.744. The van der Waals surface area contributed by atoms with E-state index in [0.29, 0.717) is 11.5 Å². The van der Waals surface area contributed by atoms with Gasteiger partial charge < -0.3 is 5.73 Å². The molecular formula is C6H11N. The summed E-state index contributed by atoms with van der Waals surface area (Å²) in [5.74, 6) is 0.961. The summed E-state index contributed by atoms with van der Waals surface area (Å²) in [6.45, 7) is 2.30. The molecule has 2 rings (SSSR count). The fourth-order valence-electron chi connectivity index (χ4n) is 1.66. The zero-order chi connectivity index (χ0) is 5.07. The third kappa shape index (κ3) is 0.290. The van der Waals surface area contributed by atoms with E-state index < -0.39 is 0 Å². The van der Waals surface area contributed by atoms with Crippen molar-refractivity contribution in [3.05, 3.63) is 0 Å². The lowest BCUT2D eigenvalue weighted by Crippen LogP contribution is -2.02. The Morgan fingerprint density at radius 1 is 1.57 bits per heavy atom. The predicted molar refractivity (Wildman–Crippen MR) is 28.8 cm³/mol. The van der Waals surface area contributed by atoms with Crippen LogP contribution in [0.1, 0.15) is 19.8 Å². The van der Waals surface area contributed by atoms with Gasteiger partial charge in [-0.05, 0) is 24.2 Å². The van der Waals surface area contributed by atoms with Gasteiger partial charge in [-0.15, -0.1) is 0 Å². The van der Waals surface area contributed by atoms with Crippen LogP contribution in [0.25, 0.3) is 0 Å². The van der Waals surface area contributed by atoms with Crippen LogP contribution < -0.4 is 5.73 Å². The van der Waals surface area contributed by atoms with E-state index in [4.69, 9.17) is 5.73 Å². The van der Waals surface area contributed by atoms with Crippen LogP contribution in [0.3, 0.4) is 0 Å². The van der Waals surface area contributed by atoms with Crippen LogP contribution in [0.15, 0.2) is 0 Å². The molecule has 1 unspecified atom stereocenters. The summed E-state index contributed by atoms with van der Waals surface area (Å²) in [5, 5.41) is 0. The second-order valence-corrected chi connectivity index (χ2v) is 3.15. The van der Waals surface area contributed by atoms with Crippen molar-refractivity contribution in [1.82, 2.24) is 0 Å². The van der Waals surface area contributed by atoms with Gasteiger partial charge >= 0.3 is 0 Å². The monoisotopic (exact) mass is 97.1 g/mol. The van der Waals surface area contributed by atoms with Crippen molar-refractivity contribution < 1.29 is 0 Å². The Bertz CT molecular complexity index is 94.7. The molecule has 2 N–H and O–H groups in total. The molecule has 0 aromatic rings. The number of rotatable bonds is 0. The molecule has 0 aromatic carbocycles. The van der Waals surface area contributed by atoms with Crippen LogP contribution in [-0.2, 0) is 0 Å². The summed E-state index contributed by atoms with van der Waals surface area (Å²) in [4.78, 5) is 0. The van der Waals surface area contributed by atoms with E-state index in [1.54, 1.807) is 0 Å². The normalized spacial score (nSPS) is 66.0. The van der Waals surface area contributed by atoms with Gasteiger partial charge in [-0.2, -0.15) is 0 Å². The first-order valence-electron chi connectivity index (χ1n) is 3.01. The minimum atomic E-state index is 0.586. The molecule has 0 saturated heterocycles. The molecule has 0 amide bonds. The average molecular weight is 97.2 g/mol. The Labute approximate surface area is 43.9 Å². The molecule has 1 heteroatoms. The average Bonchev–Trinajstić information content (AvgIpc) is 2.28. The van der Waals surface area contributed by atoms with E-state index >= 15 is 0 Å². The molecule has 0 radical (unpaired) electrons. The Balaban J connectivity index is 2.11. The molecular weight excluding hydrogens is 86.1 g/mol. The summed E-state index contributed by atoms with van der Waals surface area (Å²) in [7, 11) is 0. The van der Waals surface area contributed by atoms with E-state index in [1.807, 2.05) is 0 Å². The standard InChI is InChI=1S/C6H11N/c1-4-2-6(4)3-5(6)7/h4-5H,2-3,7H2,1H3/t4-,5?,6-/m1/s1. The Morgan fingerprint density at radius 3 is 2.00 bits per heavy atom. The quantitative estimate of drug-likeness (QED) is 0.474. The second-order valence-electron chi connectivity index (χ2n) is 3.15. The number of hydrogen-bond donors (Lipinski definition) is 1. The van der Waals surface area contributed by atoms with Crippen LogP contribution >= 0.6 is 0 Å². The molecule has 1 spiro atoms. The lowest BCUT2D eigenvalue weighted by Gasteiger charge is -1.79. The summed E-state index contributed by atoms with van der Waals surface area (Å²) in [6, 6.07) is 0.586. The maximum atomic E-state index is 5.65. The second kappa shape index (κ2) is 0.752. The Kier molecular flexibility index (Phi) is 0.419. The highest BCUT2D eigenvalue weighted by molar-refractivity contribution is 5.19. The minimum Gasteiger partial charge on any atom is -0.327 e. The summed E-state index contributed by atoms with van der Waals surface area (Å²) in [5.41, 5.74) is 6.35. The van der Waals surface area contributed by atoms with Crippen LogP contribution in [0, 0.1) is 11.3 Å². The van der Waals surface area contributed by atoms with Gasteiger partial charge in [0.05, 0.1) is 0 Å². The smallest absolute Gasteiger partial charge is 0.0105 e. The van der Waals surface area contributed by atoms with Crippen molar-refractivity contribution in [2.45, 2.75) is 25.8 Å². The van der Waals surface area contributed by atoms with E-state index in [0.717, 1.165) is 5.92 Å². The van der Waals surface area contributed by atoms with E-state index in [9.17, 15) is 0 Å². The van der Waals surface area contributed by atoms with E-state index in [1.165, 1.54) is 12.8 Å². The first-order chi connectivity index (χ1) is 3.26. The maximum absolute atomic E-state index is 5.65. The fraction of sp³-hybridized carbons (Fsp3) is 1.00. The van der Waals surface area contributed by atoms with Crippen molar-refractivity contribution in [1.29, 1.82) is 0 Å². The Morgan fingerprint density at radius 2 is 2.00 bits per heavy atom. The fourth-order valence-corrected chi connectivity index (χ4v) is 1.66. The molecule has 1 nitrogen and oxygen atoms in total. The third-order valence-corrected chi connectivity index (χ3v) is 2.69. The Hall–Kier alpha value is -0.0400.